The molecule has 1 aliphatic rings. The Hall–Kier alpha value is -3.47. The number of pyridine rings is 2. The molecule has 1 aliphatic heterocycles. The zero-order chi connectivity index (χ0) is 25.3. The van der Waals surface area contributed by atoms with Crippen LogP contribution < -0.4 is 4.74 Å². The van der Waals surface area contributed by atoms with E-state index in [4.69, 9.17) is 4.74 Å². The first-order chi connectivity index (χ1) is 17.4. The molecule has 0 aromatic carbocycles. The molecule has 0 atom stereocenters. The first-order valence-electron chi connectivity index (χ1n) is 12.1. The molecule has 0 saturated carbocycles. The zero-order valence-electron chi connectivity index (χ0n) is 20.2. The average Bonchev–Trinajstić information content (AvgIpc) is 3.50. The molecule has 0 spiro atoms. The van der Waals surface area contributed by atoms with Gasteiger partial charge in [0.15, 0.2) is 11.4 Å². The van der Waals surface area contributed by atoms with Crippen LogP contribution in [0.1, 0.15) is 43.2 Å². The van der Waals surface area contributed by atoms with Gasteiger partial charge >= 0.3 is 6.18 Å². The second-order valence-corrected chi connectivity index (χ2v) is 9.14. The average molecular weight is 500 g/mol. The summed E-state index contributed by atoms with van der Waals surface area (Å²) in [5, 5.41) is 11.2. The Bertz CT molecular complexity index is 1320. The highest BCUT2D eigenvalue weighted by Gasteiger charge is 2.33. The maximum Gasteiger partial charge on any atom is 0.393 e. The zero-order valence-corrected chi connectivity index (χ0v) is 20.2. The van der Waals surface area contributed by atoms with Crippen LogP contribution in [0.2, 0.25) is 0 Å². The highest BCUT2D eigenvalue weighted by molar-refractivity contribution is 5.75. The van der Waals surface area contributed by atoms with Gasteiger partial charge in [0.25, 0.3) is 0 Å². The molecule has 1 fully saturated rings. The van der Waals surface area contributed by atoms with E-state index in [-0.39, 0.29) is 17.0 Å². The van der Waals surface area contributed by atoms with E-state index < -0.39 is 12.6 Å². The van der Waals surface area contributed by atoms with Crippen molar-refractivity contribution in [1.82, 2.24) is 34.7 Å². The summed E-state index contributed by atoms with van der Waals surface area (Å²) in [4.78, 5) is 11.1. The number of H-pyrrole nitrogens is 1. The third kappa shape index (κ3) is 4.92. The minimum absolute atomic E-state index is 0.0251. The van der Waals surface area contributed by atoms with Crippen LogP contribution in [0.3, 0.4) is 0 Å². The van der Waals surface area contributed by atoms with Crippen LogP contribution in [-0.2, 0) is 6.42 Å². The van der Waals surface area contributed by atoms with Crippen LogP contribution in [0, 0.1) is 0 Å². The van der Waals surface area contributed by atoms with Gasteiger partial charge in [-0.2, -0.15) is 23.4 Å². The predicted molar refractivity (Wildman–Crippen MR) is 129 cm³/mol. The van der Waals surface area contributed by atoms with Crippen LogP contribution in [0.4, 0.5) is 13.2 Å². The quantitative estimate of drug-likeness (QED) is 0.390. The van der Waals surface area contributed by atoms with Crippen LogP contribution in [0.25, 0.3) is 28.3 Å². The van der Waals surface area contributed by atoms with Gasteiger partial charge < -0.3 is 9.64 Å². The number of nitrogens with one attached hydrogen (secondary N) is 1. The lowest BCUT2D eigenvalue weighted by Gasteiger charge is -2.31. The molecule has 5 heterocycles. The third-order valence-corrected chi connectivity index (χ3v) is 6.72. The SMILES string of the molecule is CCCN1CCC(c2ccc(-c3[nH]nc(-c4cc(OC)c5ncnn5c4)c3CC(F)(F)F)nc2)CC1. The Morgan fingerprint density at radius 1 is 1.17 bits per heavy atom. The molecule has 36 heavy (non-hydrogen) atoms. The van der Waals surface area contributed by atoms with E-state index in [9.17, 15) is 13.2 Å². The van der Waals surface area contributed by atoms with Gasteiger partial charge in [-0.05, 0) is 62.5 Å². The number of nitrogens with zero attached hydrogens (tertiary/aromatic N) is 6. The van der Waals surface area contributed by atoms with E-state index in [2.05, 4.69) is 37.1 Å². The van der Waals surface area contributed by atoms with Crippen molar-refractivity contribution in [2.45, 2.75) is 44.7 Å². The van der Waals surface area contributed by atoms with Crippen molar-refractivity contribution in [2.75, 3.05) is 26.7 Å². The lowest BCUT2D eigenvalue weighted by Crippen LogP contribution is -2.33. The second kappa shape index (κ2) is 9.88. The number of fused-ring (bicyclic) bond motifs is 1. The fraction of sp³-hybridized carbons (Fsp3) is 0.440. The number of methoxy groups -OCH3 is 1. The molecule has 4 aromatic heterocycles. The third-order valence-electron chi connectivity index (χ3n) is 6.72. The van der Waals surface area contributed by atoms with E-state index in [1.54, 1.807) is 24.5 Å². The highest BCUT2D eigenvalue weighted by atomic mass is 19.4. The van der Waals surface area contributed by atoms with Gasteiger partial charge in [0.1, 0.15) is 6.33 Å². The molecular formula is C25H28F3N7O. The number of alkyl halides is 3. The molecule has 0 bridgehead atoms. The monoisotopic (exact) mass is 499 g/mol. The van der Waals surface area contributed by atoms with Crippen molar-refractivity contribution in [2.24, 2.45) is 0 Å². The van der Waals surface area contributed by atoms with Crippen LogP contribution in [0.5, 0.6) is 5.75 Å². The molecule has 1 saturated heterocycles. The largest absolute Gasteiger partial charge is 0.493 e. The lowest BCUT2D eigenvalue weighted by molar-refractivity contribution is -0.127. The smallest absolute Gasteiger partial charge is 0.393 e. The topological polar surface area (TPSA) is 84.2 Å². The number of aromatic amines is 1. The second-order valence-electron chi connectivity index (χ2n) is 9.14. The fourth-order valence-corrected chi connectivity index (χ4v) is 4.96. The summed E-state index contributed by atoms with van der Waals surface area (Å²) in [6.07, 6.45) is 2.42. The Kier molecular flexibility index (Phi) is 6.65. The van der Waals surface area contributed by atoms with Gasteiger partial charge in [-0.1, -0.05) is 13.0 Å². The van der Waals surface area contributed by atoms with Crippen molar-refractivity contribution >= 4 is 5.65 Å². The van der Waals surface area contributed by atoms with E-state index in [1.807, 2.05) is 6.07 Å². The van der Waals surface area contributed by atoms with Crippen molar-refractivity contribution in [3.63, 3.8) is 0 Å². The molecule has 1 N–H and O–H groups in total. The van der Waals surface area contributed by atoms with Gasteiger partial charge in [0.2, 0.25) is 0 Å². The predicted octanol–water partition coefficient (Wildman–Crippen LogP) is 4.88. The standard InChI is InChI=1S/C25H28F3N7O/c1-3-8-34-9-6-16(7-10-34)17-4-5-20(29-13-17)23-19(12-25(26,27)28)22(32-33-23)18-11-21(36-2)24-30-15-31-35(24)14-18/h4-5,11,13-16H,3,6-10,12H2,1-2H3,(H,32,33). The van der Waals surface area contributed by atoms with E-state index in [1.165, 1.54) is 18.0 Å². The van der Waals surface area contributed by atoms with Crippen LogP contribution in [0.15, 0.2) is 36.9 Å². The van der Waals surface area contributed by atoms with Gasteiger partial charge in [0, 0.05) is 23.5 Å². The van der Waals surface area contributed by atoms with Crippen molar-refractivity contribution in [3.8, 4) is 28.4 Å². The molecule has 0 aliphatic carbocycles. The van der Waals surface area contributed by atoms with Crippen molar-refractivity contribution in [3.05, 3.63) is 48.0 Å². The van der Waals surface area contributed by atoms with E-state index in [0.717, 1.165) is 44.5 Å². The molecule has 11 heteroatoms. The summed E-state index contributed by atoms with van der Waals surface area (Å²) >= 11 is 0. The normalized spacial score (nSPS) is 15.6. The maximum absolute atomic E-state index is 13.6. The summed E-state index contributed by atoms with van der Waals surface area (Å²) < 4.78 is 47.7. The number of piperidine rings is 1. The molecule has 190 valence electrons. The van der Waals surface area contributed by atoms with Crippen molar-refractivity contribution in [1.29, 1.82) is 0 Å². The van der Waals surface area contributed by atoms with Crippen LogP contribution in [-0.4, -0.2) is 67.6 Å². The van der Waals surface area contributed by atoms with Gasteiger partial charge in [-0.15, -0.1) is 0 Å². The molecule has 0 radical (unpaired) electrons. The minimum Gasteiger partial charge on any atom is -0.493 e. The number of hydrogen-bond donors (Lipinski definition) is 1. The Morgan fingerprint density at radius 3 is 2.64 bits per heavy atom. The Balaban J connectivity index is 1.47. The van der Waals surface area contributed by atoms with E-state index in [0.29, 0.717) is 28.6 Å². The molecule has 4 aromatic rings. The highest BCUT2D eigenvalue weighted by Crippen LogP contribution is 2.36. The number of aromatic nitrogens is 6. The molecular weight excluding hydrogens is 471 g/mol. The molecule has 0 amide bonds. The number of ether oxygens (including phenoxy) is 1. The first-order valence-corrected chi connectivity index (χ1v) is 12.1. The van der Waals surface area contributed by atoms with Gasteiger partial charge in [0.05, 0.1) is 30.6 Å². The number of halogens is 3. The molecule has 0 unspecified atom stereocenters. The minimum atomic E-state index is -4.43. The first kappa shape index (κ1) is 24.2. The Morgan fingerprint density at radius 2 is 1.97 bits per heavy atom. The maximum atomic E-state index is 13.6. The molecule has 8 nitrogen and oxygen atoms in total. The van der Waals surface area contributed by atoms with Gasteiger partial charge in [-0.3, -0.25) is 10.1 Å². The van der Waals surface area contributed by atoms with E-state index >= 15 is 0 Å². The van der Waals surface area contributed by atoms with Crippen LogP contribution >= 0.6 is 0 Å². The summed E-state index contributed by atoms with van der Waals surface area (Å²) in [7, 11) is 1.47. The number of hydrogen-bond acceptors (Lipinski definition) is 6. The van der Waals surface area contributed by atoms with Crippen molar-refractivity contribution < 1.29 is 17.9 Å². The summed E-state index contributed by atoms with van der Waals surface area (Å²) in [5.41, 5.74) is 2.89. The summed E-state index contributed by atoms with van der Waals surface area (Å²) in [6, 6.07) is 5.38. The summed E-state index contributed by atoms with van der Waals surface area (Å²) in [6.45, 7) is 5.41. The number of rotatable bonds is 7. The van der Waals surface area contributed by atoms with Gasteiger partial charge in [-0.25, -0.2) is 9.50 Å². The number of likely N-dealkylation sites (tertiary alicyclic amines) is 1. The molecule has 5 rings (SSSR count). The summed E-state index contributed by atoms with van der Waals surface area (Å²) in [5.74, 6) is 0.800. The Labute approximate surface area is 206 Å². The fourth-order valence-electron chi connectivity index (χ4n) is 4.96. The lowest BCUT2D eigenvalue weighted by atomic mass is 9.90.